The second kappa shape index (κ2) is 3.67. The zero-order chi connectivity index (χ0) is 11.8. The lowest BCUT2D eigenvalue weighted by atomic mass is 10.1. The van der Waals surface area contributed by atoms with E-state index in [9.17, 15) is 4.79 Å². The molecule has 0 unspecified atom stereocenters. The third-order valence-corrected chi connectivity index (χ3v) is 2.58. The van der Waals surface area contributed by atoms with Crippen LogP contribution in [0.2, 0.25) is 0 Å². The maximum absolute atomic E-state index is 10.6. The molecule has 0 atom stereocenters. The fourth-order valence-corrected chi connectivity index (χ4v) is 1.73. The number of carboxylic acid groups (broad SMARTS) is 1. The van der Waals surface area contributed by atoms with E-state index in [0.717, 1.165) is 11.1 Å². The van der Waals surface area contributed by atoms with E-state index in [1.54, 1.807) is 0 Å². The molecular formula is C11H8N2O4. The predicted molar refractivity (Wildman–Crippen MR) is 55.2 cm³/mol. The van der Waals surface area contributed by atoms with Crippen LogP contribution in [0.5, 0.6) is 0 Å². The summed E-state index contributed by atoms with van der Waals surface area (Å²) in [6.45, 7) is 1.17. The zero-order valence-corrected chi connectivity index (χ0v) is 8.71. The van der Waals surface area contributed by atoms with Gasteiger partial charge in [0.25, 0.3) is 0 Å². The molecular weight excluding hydrogens is 224 g/mol. The third kappa shape index (κ3) is 1.68. The van der Waals surface area contributed by atoms with Gasteiger partial charge in [0.15, 0.2) is 0 Å². The van der Waals surface area contributed by atoms with Gasteiger partial charge in [-0.2, -0.15) is 0 Å². The monoisotopic (exact) mass is 232 g/mol. The van der Waals surface area contributed by atoms with Crippen LogP contribution in [0.1, 0.15) is 21.8 Å². The summed E-state index contributed by atoms with van der Waals surface area (Å²) in [6, 6.07) is 5.61. The lowest BCUT2D eigenvalue weighted by Gasteiger charge is -1.98. The largest absolute Gasteiger partial charge is 0.474 e. The summed E-state index contributed by atoms with van der Waals surface area (Å²) in [6.07, 6.45) is 0. The molecule has 1 N–H and O–H groups in total. The van der Waals surface area contributed by atoms with Crippen molar-refractivity contribution in [3.05, 3.63) is 35.2 Å². The first kappa shape index (κ1) is 9.98. The number of rotatable bonds is 2. The summed E-state index contributed by atoms with van der Waals surface area (Å²) < 4.78 is 10.3. The molecule has 1 aliphatic heterocycles. The van der Waals surface area contributed by atoms with Crippen LogP contribution < -0.4 is 0 Å². The fourth-order valence-electron chi connectivity index (χ4n) is 1.73. The van der Waals surface area contributed by atoms with Crippen molar-refractivity contribution in [3.63, 3.8) is 0 Å². The minimum atomic E-state index is -1.23. The van der Waals surface area contributed by atoms with Gasteiger partial charge in [-0.05, 0) is 23.3 Å². The Morgan fingerprint density at radius 3 is 2.82 bits per heavy atom. The van der Waals surface area contributed by atoms with Gasteiger partial charge in [0.05, 0.1) is 13.2 Å². The normalized spacial score (nSPS) is 13.6. The number of benzene rings is 1. The van der Waals surface area contributed by atoms with Gasteiger partial charge in [-0.15, -0.1) is 10.2 Å². The molecule has 0 fully saturated rings. The molecule has 0 saturated heterocycles. The van der Waals surface area contributed by atoms with Gasteiger partial charge < -0.3 is 14.3 Å². The van der Waals surface area contributed by atoms with E-state index in [0.29, 0.717) is 18.8 Å². The van der Waals surface area contributed by atoms with Crippen LogP contribution in [0.25, 0.3) is 11.5 Å². The van der Waals surface area contributed by atoms with E-state index >= 15 is 0 Å². The number of carbonyl (C=O) groups is 1. The van der Waals surface area contributed by atoms with Crippen LogP contribution >= 0.6 is 0 Å². The van der Waals surface area contributed by atoms with E-state index in [2.05, 4.69) is 10.2 Å². The summed E-state index contributed by atoms with van der Waals surface area (Å²) in [7, 11) is 0. The standard InChI is InChI=1S/C11H8N2O4/c14-11(15)10-13-12-9(17-10)6-1-2-7-4-16-5-8(7)3-6/h1-3H,4-5H2,(H,14,15). The molecule has 2 aromatic rings. The van der Waals surface area contributed by atoms with E-state index in [1.165, 1.54) is 0 Å². The summed E-state index contributed by atoms with van der Waals surface area (Å²) in [5.74, 6) is -1.43. The van der Waals surface area contributed by atoms with E-state index in [1.807, 2.05) is 18.2 Å². The Morgan fingerprint density at radius 2 is 2.06 bits per heavy atom. The van der Waals surface area contributed by atoms with Crippen molar-refractivity contribution in [2.24, 2.45) is 0 Å². The molecule has 17 heavy (non-hydrogen) atoms. The van der Waals surface area contributed by atoms with E-state index < -0.39 is 11.9 Å². The highest BCUT2D eigenvalue weighted by Crippen LogP contribution is 2.26. The molecule has 0 amide bonds. The van der Waals surface area contributed by atoms with Crippen molar-refractivity contribution in [3.8, 4) is 11.5 Å². The van der Waals surface area contributed by atoms with Gasteiger partial charge in [0.2, 0.25) is 5.89 Å². The smallest absolute Gasteiger partial charge is 0.393 e. The summed E-state index contributed by atoms with van der Waals surface area (Å²) >= 11 is 0. The molecule has 86 valence electrons. The average Bonchev–Trinajstić information content (AvgIpc) is 2.97. The fraction of sp³-hybridized carbons (Fsp3) is 0.182. The summed E-state index contributed by atoms with van der Waals surface area (Å²) in [4.78, 5) is 10.6. The van der Waals surface area contributed by atoms with Gasteiger partial charge in [-0.25, -0.2) is 4.79 Å². The topological polar surface area (TPSA) is 85.5 Å². The number of aromatic carboxylic acids is 1. The van der Waals surface area contributed by atoms with Crippen LogP contribution in [0, 0.1) is 0 Å². The SMILES string of the molecule is O=C(O)c1nnc(-c2ccc3c(c2)COC3)o1. The molecule has 2 heterocycles. The van der Waals surface area contributed by atoms with Gasteiger partial charge >= 0.3 is 11.9 Å². The van der Waals surface area contributed by atoms with Gasteiger partial charge in [-0.3, -0.25) is 0 Å². The van der Waals surface area contributed by atoms with Crippen molar-refractivity contribution >= 4 is 5.97 Å². The molecule has 0 bridgehead atoms. The van der Waals surface area contributed by atoms with Gasteiger partial charge in [-0.1, -0.05) is 6.07 Å². The molecule has 3 rings (SSSR count). The first-order chi connectivity index (χ1) is 8.24. The van der Waals surface area contributed by atoms with E-state index in [-0.39, 0.29) is 5.89 Å². The van der Waals surface area contributed by atoms with Crippen LogP contribution in [0.3, 0.4) is 0 Å². The molecule has 6 nitrogen and oxygen atoms in total. The van der Waals surface area contributed by atoms with E-state index in [4.69, 9.17) is 14.3 Å². The Balaban J connectivity index is 2.00. The molecule has 0 spiro atoms. The summed E-state index contributed by atoms with van der Waals surface area (Å²) in [5.41, 5.74) is 2.90. The Hall–Kier alpha value is -2.21. The molecule has 0 saturated carbocycles. The number of hydrogen-bond donors (Lipinski definition) is 1. The molecule has 0 aliphatic carbocycles. The number of ether oxygens (including phenoxy) is 1. The highest BCUT2D eigenvalue weighted by atomic mass is 16.5. The highest BCUT2D eigenvalue weighted by molar-refractivity contribution is 5.82. The van der Waals surface area contributed by atoms with Crippen molar-refractivity contribution < 1.29 is 19.1 Å². The number of aromatic nitrogens is 2. The zero-order valence-electron chi connectivity index (χ0n) is 8.71. The maximum atomic E-state index is 10.6. The molecule has 1 aromatic carbocycles. The van der Waals surface area contributed by atoms with Crippen LogP contribution in [-0.4, -0.2) is 21.3 Å². The second-order valence-electron chi connectivity index (χ2n) is 3.69. The van der Waals surface area contributed by atoms with Gasteiger partial charge in [0, 0.05) is 5.56 Å². The predicted octanol–water partition coefficient (Wildman–Crippen LogP) is 1.46. The van der Waals surface area contributed by atoms with Crippen LogP contribution in [0.15, 0.2) is 22.6 Å². The number of carboxylic acids is 1. The number of fused-ring (bicyclic) bond motifs is 1. The van der Waals surface area contributed by atoms with Crippen molar-refractivity contribution in [2.75, 3.05) is 0 Å². The Bertz CT molecular complexity index is 591. The van der Waals surface area contributed by atoms with Crippen LogP contribution in [-0.2, 0) is 18.0 Å². The molecule has 1 aliphatic rings. The Morgan fingerprint density at radius 1 is 1.24 bits per heavy atom. The first-order valence-corrected chi connectivity index (χ1v) is 5.01. The van der Waals surface area contributed by atoms with Crippen molar-refractivity contribution in [1.82, 2.24) is 10.2 Å². The number of hydrogen-bond acceptors (Lipinski definition) is 5. The average molecular weight is 232 g/mol. The molecule has 1 aromatic heterocycles. The van der Waals surface area contributed by atoms with Crippen molar-refractivity contribution in [2.45, 2.75) is 13.2 Å². The number of nitrogens with zero attached hydrogens (tertiary/aromatic N) is 2. The third-order valence-electron chi connectivity index (χ3n) is 2.58. The highest BCUT2D eigenvalue weighted by Gasteiger charge is 2.17. The van der Waals surface area contributed by atoms with Crippen molar-refractivity contribution in [1.29, 1.82) is 0 Å². The Labute approximate surface area is 95.8 Å². The van der Waals surface area contributed by atoms with Gasteiger partial charge in [0.1, 0.15) is 0 Å². The lowest BCUT2D eigenvalue weighted by Crippen LogP contribution is -1.95. The quantitative estimate of drug-likeness (QED) is 0.843. The molecule has 6 heteroatoms. The first-order valence-electron chi connectivity index (χ1n) is 5.01. The lowest BCUT2D eigenvalue weighted by molar-refractivity contribution is 0.0654. The second-order valence-corrected chi connectivity index (χ2v) is 3.69. The molecule has 0 radical (unpaired) electrons. The van der Waals surface area contributed by atoms with Crippen LogP contribution in [0.4, 0.5) is 0 Å². The minimum absolute atomic E-state index is 0.206. The Kier molecular flexibility index (Phi) is 2.15. The minimum Gasteiger partial charge on any atom is -0.474 e. The summed E-state index contributed by atoms with van der Waals surface area (Å²) in [5, 5.41) is 15.8. The maximum Gasteiger partial charge on any atom is 0.393 e.